The average molecular weight is 267 g/mol. The number of ether oxygens (including phenoxy) is 2. The zero-order valence-electron chi connectivity index (χ0n) is 11.1. The summed E-state index contributed by atoms with van der Waals surface area (Å²) < 4.78 is 11.1. The van der Waals surface area contributed by atoms with Crippen LogP contribution in [0.4, 0.5) is 0 Å². The summed E-state index contributed by atoms with van der Waals surface area (Å²) in [5.74, 6) is -1.56. The first-order valence-electron chi connectivity index (χ1n) is 6.28. The van der Waals surface area contributed by atoms with Crippen molar-refractivity contribution in [2.24, 2.45) is 0 Å². The SMILES string of the molecule is C=CCN(CC=CO)C(=O)C1(CC=C)OCCCO1. The molecule has 0 aromatic rings. The normalized spacial score (nSPS) is 18.1. The number of aliphatic hydroxyl groups is 1. The third-order valence-electron chi connectivity index (χ3n) is 2.77. The van der Waals surface area contributed by atoms with Crippen molar-refractivity contribution in [3.8, 4) is 0 Å². The van der Waals surface area contributed by atoms with Gasteiger partial charge in [0.1, 0.15) is 0 Å². The van der Waals surface area contributed by atoms with Crippen molar-refractivity contribution < 1.29 is 19.4 Å². The van der Waals surface area contributed by atoms with Crippen molar-refractivity contribution in [3.63, 3.8) is 0 Å². The lowest BCUT2D eigenvalue weighted by atomic mass is 10.1. The Morgan fingerprint density at radius 1 is 1.26 bits per heavy atom. The van der Waals surface area contributed by atoms with E-state index in [2.05, 4.69) is 13.2 Å². The molecule has 0 spiro atoms. The fraction of sp³-hybridized carbons (Fsp3) is 0.500. The number of hydrogen-bond donors (Lipinski definition) is 1. The molecule has 1 amide bonds. The minimum Gasteiger partial charge on any atom is -0.516 e. The zero-order chi connectivity index (χ0) is 14.1. The van der Waals surface area contributed by atoms with E-state index in [-0.39, 0.29) is 12.5 Å². The second-order valence-electron chi connectivity index (χ2n) is 4.18. The molecule has 0 radical (unpaired) electrons. The molecule has 1 aliphatic heterocycles. The van der Waals surface area contributed by atoms with Crippen molar-refractivity contribution in [2.75, 3.05) is 26.3 Å². The minimum absolute atomic E-state index is 0.271. The van der Waals surface area contributed by atoms with Crippen molar-refractivity contribution >= 4 is 5.91 Å². The standard InChI is InChI=1S/C14H21NO4/c1-3-7-14(18-11-6-12-19-14)13(17)15(8-4-2)9-5-10-16/h3-5,10,16H,1-2,6-9,11-12H2. The second kappa shape index (κ2) is 7.76. The van der Waals surface area contributed by atoms with E-state index in [0.717, 1.165) is 12.7 Å². The fourth-order valence-electron chi connectivity index (χ4n) is 1.90. The summed E-state index contributed by atoms with van der Waals surface area (Å²) in [4.78, 5) is 14.1. The van der Waals surface area contributed by atoms with Crippen LogP contribution in [0.3, 0.4) is 0 Å². The van der Waals surface area contributed by atoms with E-state index >= 15 is 0 Å². The maximum Gasteiger partial charge on any atom is 0.283 e. The Kier molecular flexibility index (Phi) is 6.32. The highest BCUT2D eigenvalue weighted by atomic mass is 16.7. The van der Waals surface area contributed by atoms with Gasteiger partial charge in [-0.2, -0.15) is 0 Å². The molecular weight excluding hydrogens is 246 g/mol. The molecule has 0 saturated carbocycles. The first kappa shape index (κ1) is 15.5. The fourth-order valence-corrected chi connectivity index (χ4v) is 1.90. The van der Waals surface area contributed by atoms with Gasteiger partial charge < -0.3 is 19.5 Å². The zero-order valence-corrected chi connectivity index (χ0v) is 11.1. The summed E-state index contributed by atoms with van der Waals surface area (Å²) in [6.45, 7) is 8.86. The summed E-state index contributed by atoms with van der Waals surface area (Å²) in [7, 11) is 0. The van der Waals surface area contributed by atoms with Crippen molar-refractivity contribution in [1.29, 1.82) is 0 Å². The molecule has 1 fully saturated rings. The topological polar surface area (TPSA) is 59.0 Å². The van der Waals surface area contributed by atoms with Crippen LogP contribution in [0.15, 0.2) is 37.6 Å². The van der Waals surface area contributed by atoms with Crippen LogP contribution in [-0.2, 0) is 14.3 Å². The number of amides is 1. The molecular formula is C14H21NO4. The number of nitrogens with zero attached hydrogens (tertiary/aromatic N) is 1. The molecule has 1 heterocycles. The monoisotopic (exact) mass is 267 g/mol. The molecule has 0 unspecified atom stereocenters. The highest BCUT2D eigenvalue weighted by Gasteiger charge is 2.44. The molecule has 19 heavy (non-hydrogen) atoms. The Morgan fingerprint density at radius 2 is 1.95 bits per heavy atom. The van der Waals surface area contributed by atoms with Gasteiger partial charge in [0.05, 0.1) is 19.5 Å². The summed E-state index contributed by atoms with van der Waals surface area (Å²) >= 11 is 0. The van der Waals surface area contributed by atoms with Gasteiger partial charge >= 0.3 is 0 Å². The number of rotatable bonds is 7. The third kappa shape index (κ3) is 3.94. The van der Waals surface area contributed by atoms with Crippen LogP contribution in [0.5, 0.6) is 0 Å². The van der Waals surface area contributed by atoms with E-state index in [1.165, 1.54) is 11.0 Å². The Bertz CT molecular complexity index is 345. The van der Waals surface area contributed by atoms with Crippen LogP contribution < -0.4 is 0 Å². The average Bonchev–Trinajstić information content (AvgIpc) is 2.44. The summed E-state index contributed by atoms with van der Waals surface area (Å²) in [6.07, 6.45) is 6.68. The predicted molar refractivity (Wildman–Crippen MR) is 72.6 cm³/mol. The Hall–Kier alpha value is -1.59. The lowest BCUT2D eigenvalue weighted by Crippen LogP contribution is -2.54. The second-order valence-corrected chi connectivity index (χ2v) is 4.18. The summed E-state index contributed by atoms with van der Waals surface area (Å²) in [5, 5.41) is 8.72. The summed E-state index contributed by atoms with van der Waals surface area (Å²) in [5.41, 5.74) is 0. The highest BCUT2D eigenvalue weighted by molar-refractivity contribution is 5.84. The van der Waals surface area contributed by atoms with Crippen LogP contribution in [0, 0.1) is 0 Å². The lowest BCUT2D eigenvalue weighted by molar-refractivity contribution is -0.258. The van der Waals surface area contributed by atoms with Gasteiger partial charge in [0, 0.05) is 19.5 Å². The quantitative estimate of drug-likeness (QED) is 0.564. The largest absolute Gasteiger partial charge is 0.516 e. The van der Waals surface area contributed by atoms with Crippen LogP contribution >= 0.6 is 0 Å². The van der Waals surface area contributed by atoms with Gasteiger partial charge in [-0.3, -0.25) is 4.79 Å². The predicted octanol–water partition coefficient (Wildman–Crippen LogP) is 1.78. The molecule has 1 N–H and O–H groups in total. The molecule has 1 saturated heterocycles. The van der Waals surface area contributed by atoms with E-state index < -0.39 is 5.79 Å². The Balaban J connectivity index is 2.87. The molecule has 0 atom stereocenters. The van der Waals surface area contributed by atoms with E-state index in [1.807, 2.05) is 0 Å². The number of carbonyl (C=O) groups excluding carboxylic acids is 1. The lowest BCUT2D eigenvalue weighted by Gasteiger charge is -2.38. The first-order chi connectivity index (χ1) is 9.20. The van der Waals surface area contributed by atoms with E-state index in [4.69, 9.17) is 14.6 Å². The molecule has 106 valence electrons. The maximum absolute atomic E-state index is 12.6. The smallest absolute Gasteiger partial charge is 0.283 e. The van der Waals surface area contributed by atoms with Crippen molar-refractivity contribution in [2.45, 2.75) is 18.6 Å². The molecule has 0 aromatic heterocycles. The van der Waals surface area contributed by atoms with Crippen LogP contribution in [0.25, 0.3) is 0 Å². The van der Waals surface area contributed by atoms with E-state index in [9.17, 15) is 4.79 Å². The van der Waals surface area contributed by atoms with Gasteiger partial charge in [0.25, 0.3) is 11.7 Å². The first-order valence-corrected chi connectivity index (χ1v) is 6.28. The number of hydrogen-bond acceptors (Lipinski definition) is 4. The van der Waals surface area contributed by atoms with Crippen LogP contribution in [0.1, 0.15) is 12.8 Å². The number of carbonyl (C=O) groups is 1. The van der Waals surface area contributed by atoms with E-state index in [1.54, 1.807) is 12.2 Å². The molecule has 1 rings (SSSR count). The van der Waals surface area contributed by atoms with Gasteiger partial charge in [0.15, 0.2) is 0 Å². The molecule has 5 heteroatoms. The van der Waals surface area contributed by atoms with Crippen LogP contribution in [-0.4, -0.2) is 48.0 Å². The van der Waals surface area contributed by atoms with Gasteiger partial charge in [-0.25, -0.2) is 0 Å². The van der Waals surface area contributed by atoms with Gasteiger partial charge in [0.2, 0.25) is 0 Å². The molecule has 0 aromatic carbocycles. The minimum atomic E-state index is -1.29. The number of aliphatic hydroxyl groups excluding tert-OH is 1. The molecule has 0 bridgehead atoms. The van der Waals surface area contributed by atoms with Gasteiger partial charge in [-0.1, -0.05) is 12.2 Å². The van der Waals surface area contributed by atoms with Gasteiger partial charge in [-0.05, 0) is 12.5 Å². The maximum atomic E-state index is 12.6. The molecule has 0 aliphatic carbocycles. The van der Waals surface area contributed by atoms with Crippen molar-refractivity contribution in [3.05, 3.63) is 37.6 Å². The molecule has 1 aliphatic rings. The summed E-state index contributed by atoms with van der Waals surface area (Å²) in [6, 6.07) is 0. The Labute approximate surface area is 113 Å². The van der Waals surface area contributed by atoms with Crippen molar-refractivity contribution in [1.82, 2.24) is 4.90 Å². The highest BCUT2D eigenvalue weighted by Crippen LogP contribution is 2.26. The van der Waals surface area contributed by atoms with Crippen LogP contribution in [0.2, 0.25) is 0 Å². The van der Waals surface area contributed by atoms with Gasteiger partial charge in [-0.15, -0.1) is 13.2 Å². The van der Waals surface area contributed by atoms with E-state index in [0.29, 0.717) is 26.2 Å². The Morgan fingerprint density at radius 3 is 2.47 bits per heavy atom. The third-order valence-corrected chi connectivity index (χ3v) is 2.77. The molecule has 5 nitrogen and oxygen atoms in total.